The summed E-state index contributed by atoms with van der Waals surface area (Å²) in [6, 6.07) is 13.4. The van der Waals surface area contributed by atoms with Gasteiger partial charge in [0.2, 0.25) is 0 Å². The van der Waals surface area contributed by atoms with Gasteiger partial charge in [0, 0.05) is 34.3 Å². The summed E-state index contributed by atoms with van der Waals surface area (Å²) < 4.78 is 16.8. The summed E-state index contributed by atoms with van der Waals surface area (Å²) in [6.45, 7) is 8.55. The molecule has 6 nitrogen and oxygen atoms in total. The molecule has 0 radical (unpaired) electrons. The lowest BCUT2D eigenvalue weighted by Gasteiger charge is -2.16. The number of halogens is 2. The first-order valence-corrected chi connectivity index (χ1v) is 13.6. The van der Waals surface area contributed by atoms with Gasteiger partial charge in [-0.1, -0.05) is 67.3 Å². The maximum atomic E-state index is 12.0. The van der Waals surface area contributed by atoms with Gasteiger partial charge in [0.05, 0.1) is 23.3 Å². The number of carbonyl (C=O) groups excluding carboxylic acids is 1. The Morgan fingerprint density at radius 2 is 1.95 bits per heavy atom. The van der Waals surface area contributed by atoms with Crippen molar-refractivity contribution in [2.45, 2.75) is 58.0 Å². The van der Waals surface area contributed by atoms with Gasteiger partial charge in [-0.25, -0.2) is 4.79 Å². The number of nitrogens with zero attached hydrogens (tertiary/aromatic N) is 2. The van der Waals surface area contributed by atoms with E-state index >= 15 is 0 Å². The zero-order chi connectivity index (χ0) is 27.9. The van der Waals surface area contributed by atoms with Gasteiger partial charge >= 0.3 is 5.97 Å². The van der Waals surface area contributed by atoms with Crippen LogP contribution in [0.25, 0.3) is 11.3 Å². The van der Waals surface area contributed by atoms with Crippen LogP contribution in [0.3, 0.4) is 0 Å². The highest BCUT2D eigenvalue weighted by molar-refractivity contribution is 6.33. The summed E-state index contributed by atoms with van der Waals surface area (Å²) in [5, 5.41) is 5.62. The molecule has 2 heterocycles. The molecule has 2 atom stereocenters. The van der Waals surface area contributed by atoms with Crippen molar-refractivity contribution in [2.24, 2.45) is 0 Å². The van der Waals surface area contributed by atoms with Crippen molar-refractivity contribution < 1.29 is 18.8 Å². The number of esters is 1. The fourth-order valence-corrected chi connectivity index (χ4v) is 5.97. The van der Waals surface area contributed by atoms with Crippen LogP contribution in [0.4, 0.5) is 0 Å². The number of hydrogen-bond acceptors (Lipinski definition) is 6. The summed E-state index contributed by atoms with van der Waals surface area (Å²) in [4.78, 5) is 16.2. The standard InChI is InChI=1S/C31H30Cl2N2O4/c1-17(2)29-22(28(35-39-29)27-18(3)7-6-8-25(27)32)16-38-21-9-10-23(26(33)12-21)31(4)13-24(31)19-11-20(15-34-14-19)30(36)37-5/h6-12,14-15,17,24H,13,16H2,1-5H3. The number of pyridine rings is 1. The summed E-state index contributed by atoms with van der Waals surface area (Å²) in [5.74, 6) is 1.34. The molecule has 8 heteroatoms. The van der Waals surface area contributed by atoms with Gasteiger partial charge < -0.3 is 14.0 Å². The summed E-state index contributed by atoms with van der Waals surface area (Å²) >= 11 is 13.4. The Hall–Kier alpha value is -3.35. The van der Waals surface area contributed by atoms with E-state index in [1.807, 2.05) is 49.4 Å². The molecule has 1 fully saturated rings. The van der Waals surface area contributed by atoms with E-state index in [0.29, 0.717) is 27.1 Å². The number of rotatable bonds is 8. The molecule has 0 bridgehead atoms. The second-order valence-corrected chi connectivity index (χ2v) is 11.4. The maximum absolute atomic E-state index is 12.0. The second-order valence-electron chi connectivity index (χ2n) is 10.6. The quantitative estimate of drug-likeness (QED) is 0.200. The Morgan fingerprint density at radius 1 is 1.15 bits per heavy atom. The van der Waals surface area contributed by atoms with Gasteiger partial charge in [0.1, 0.15) is 23.8 Å². The van der Waals surface area contributed by atoms with Crippen molar-refractivity contribution >= 4 is 29.2 Å². The molecule has 39 heavy (non-hydrogen) atoms. The molecule has 2 unspecified atom stereocenters. The molecule has 0 N–H and O–H groups in total. The smallest absolute Gasteiger partial charge is 0.339 e. The van der Waals surface area contributed by atoms with E-state index in [1.54, 1.807) is 6.20 Å². The van der Waals surface area contributed by atoms with Crippen LogP contribution in [0.2, 0.25) is 10.0 Å². The molecule has 2 aromatic heterocycles. The SMILES string of the molecule is COC(=O)c1cncc(C2CC2(C)c2ccc(OCc3c(-c4c(C)cccc4Cl)noc3C(C)C)cc2Cl)c1. The molecule has 0 saturated heterocycles. The lowest BCUT2D eigenvalue weighted by molar-refractivity contribution is 0.0600. The predicted octanol–water partition coefficient (Wildman–Crippen LogP) is 8.29. The lowest BCUT2D eigenvalue weighted by Crippen LogP contribution is -2.07. The van der Waals surface area contributed by atoms with Crippen molar-refractivity contribution in [1.29, 1.82) is 0 Å². The zero-order valence-electron chi connectivity index (χ0n) is 22.5. The number of aryl methyl sites for hydroxylation is 1. The second kappa shape index (κ2) is 10.7. The Labute approximate surface area is 238 Å². The van der Waals surface area contributed by atoms with E-state index in [-0.39, 0.29) is 23.9 Å². The number of ether oxygens (including phenoxy) is 2. The fraction of sp³-hybridized carbons (Fsp3) is 0.323. The minimum atomic E-state index is -0.396. The van der Waals surface area contributed by atoms with Gasteiger partial charge in [-0.15, -0.1) is 0 Å². The molecule has 0 aliphatic heterocycles. The Balaban J connectivity index is 1.37. The molecule has 202 valence electrons. The van der Waals surface area contributed by atoms with Crippen LogP contribution in [0.15, 0.2) is 59.4 Å². The molecular weight excluding hydrogens is 535 g/mol. The number of hydrogen-bond donors (Lipinski definition) is 0. The third kappa shape index (κ3) is 5.15. The van der Waals surface area contributed by atoms with E-state index in [4.69, 9.17) is 37.2 Å². The number of methoxy groups -OCH3 is 1. The van der Waals surface area contributed by atoms with Crippen molar-refractivity contribution in [3.8, 4) is 17.0 Å². The number of aromatic nitrogens is 2. The molecule has 0 amide bonds. The van der Waals surface area contributed by atoms with Gasteiger partial charge in [-0.3, -0.25) is 4.98 Å². The van der Waals surface area contributed by atoms with Gasteiger partial charge in [-0.05, 0) is 60.2 Å². The monoisotopic (exact) mass is 564 g/mol. The molecule has 5 rings (SSSR count). The maximum Gasteiger partial charge on any atom is 0.339 e. The summed E-state index contributed by atoms with van der Waals surface area (Å²) in [6.07, 6.45) is 4.22. The summed E-state index contributed by atoms with van der Waals surface area (Å²) in [7, 11) is 1.37. The summed E-state index contributed by atoms with van der Waals surface area (Å²) in [5.41, 5.74) is 5.73. The lowest BCUT2D eigenvalue weighted by atomic mass is 9.92. The van der Waals surface area contributed by atoms with Crippen LogP contribution in [0.5, 0.6) is 5.75 Å². The van der Waals surface area contributed by atoms with Crippen LogP contribution < -0.4 is 4.74 Å². The van der Waals surface area contributed by atoms with Gasteiger partial charge in [-0.2, -0.15) is 0 Å². The molecule has 4 aromatic rings. The first-order chi connectivity index (χ1) is 18.6. The minimum absolute atomic E-state index is 0.123. The molecule has 1 saturated carbocycles. The third-order valence-corrected chi connectivity index (χ3v) is 8.19. The Kier molecular flexibility index (Phi) is 7.45. The van der Waals surface area contributed by atoms with Crippen molar-refractivity contribution in [1.82, 2.24) is 10.1 Å². The van der Waals surface area contributed by atoms with Crippen LogP contribution >= 0.6 is 23.2 Å². The first kappa shape index (κ1) is 27.2. The fourth-order valence-electron chi connectivity index (χ4n) is 5.27. The molecule has 0 spiro atoms. The minimum Gasteiger partial charge on any atom is -0.489 e. The average molecular weight is 565 g/mol. The van der Waals surface area contributed by atoms with E-state index in [1.165, 1.54) is 13.3 Å². The van der Waals surface area contributed by atoms with E-state index < -0.39 is 5.97 Å². The Bertz CT molecular complexity index is 1530. The van der Waals surface area contributed by atoms with Crippen LogP contribution in [0, 0.1) is 6.92 Å². The van der Waals surface area contributed by atoms with Crippen molar-refractivity contribution in [2.75, 3.05) is 7.11 Å². The number of benzene rings is 2. The Morgan fingerprint density at radius 3 is 2.64 bits per heavy atom. The molecule has 1 aliphatic rings. The third-order valence-electron chi connectivity index (χ3n) is 7.56. The van der Waals surface area contributed by atoms with Gasteiger partial charge in [0.25, 0.3) is 0 Å². The van der Waals surface area contributed by atoms with E-state index in [0.717, 1.165) is 40.0 Å². The van der Waals surface area contributed by atoms with E-state index in [2.05, 4.69) is 30.9 Å². The first-order valence-electron chi connectivity index (χ1n) is 12.8. The van der Waals surface area contributed by atoms with E-state index in [9.17, 15) is 4.79 Å². The van der Waals surface area contributed by atoms with Crippen molar-refractivity contribution in [3.63, 3.8) is 0 Å². The van der Waals surface area contributed by atoms with Crippen LogP contribution in [-0.2, 0) is 16.8 Å². The average Bonchev–Trinajstić information content (AvgIpc) is 3.43. The topological polar surface area (TPSA) is 74.5 Å². The highest BCUT2D eigenvalue weighted by Gasteiger charge is 2.53. The molecular formula is C31H30Cl2N2O4. The highest BCUT2D eigenvalue weighted by atomic mass is 35.5. The highest BCUT2D eigenvalue weighted by Crippen LogP contribution is 2.61. The number of carbonyl (C=O) groups is 1. The largest absolute Gasteiger partial charge is 0.489 e. The van der Waals surface area contributed by atoms with Gasteiger partial charge in [0.15, 0.2) is 0 Å². The zero-order valence-corrected chi connectivity index (χ0v) is 24.1. The van der Waals surface area contributed by atoms with Crippen LogP contribution in [0.1, 0.15) is 77.4 Å². The predicted molar refractivity (Wildman–Crippen MR) is 152 cm³/mol. The molecule has 2 aromatic carbocycles. The molecule has 1 aliphatic carbocycles. The van der Waals surface area contributed by atoms with Crippen LogP contribution in [-0.4, -0.2) is 23.2 Å². The van der Waals surface area contributed by atoms with Crippen molar-refractivity contribution in [3.05, 3.63) is 98.5 Å². The normalized spacial score (nSPS) is 18.3.